The van der Waals surface area contributed by atoms with Gasteiger partial charge in [-0.1, -0.05) is 20.8 Å². The minimum absolute atomic E-state index is 0.344. The summed E-state index contributed by atoms with van der Waals surface area (Å²) < 4.78 is 5.85. The van der Waals surface area contributed by atoms with Crippen molar-refractivity contribution < 1.29 is 9.84 Å². The molecule has 1 atom stereocenters. The van der Waals surface area contributed by atoms with E-state index in [0.717, 1.165) is 19.4 Å². The number of ether oxygens (including phenoxy) is 1. The van der Waals surface area contributed by atoms with Gasteiger partial charge >= 0.3 is 0 Å². The lowest BCUT2D eigenvalue weighted by molar-refractivity contribution is -0.0776. The van der Waals surface area contributed by atoms with E-state index >= 15 is 0 Å². The van der Waals surface area contributed by atoms with Gasteiger partial charge in [0.15, 0.2) is 0 Å². The summed E-state index contributed by atoms with van der Waals surface area (Å²) >= 11 is 0. The van der Waals surface area contributed by atoms with Crippen molar-refractivity contribution in [2.24, 2.45) is 5.41 Å². The van der Waals surface area contributed by atoms with Gasteiger partial charge in [0, 0.05) is 6.54 Å². The molecule has 0 bridgehead atoms. The van der Waals surface area contributed by atoms with Gasteiger partial charge in [0.25, 0.3) is 0 Å². The molecule has 1 fully saturated rings. The summed E-state index contributed by atoms with van der Waals surface area (Å²) in [6.45, 7) is 10.4. The van der Waals surface area contributed by atoms with Crippen molar-refractivity contribution in [3.63, 3.8) is 0 Å². The van der Waals surface area contributed by atoms with Gasteiger partial charge in [0.05, 0.1) is 18.3 Å². The van der Waals surface area contributed by atoms with E-state index in [1.54, 1.807) is 0 Å². The molecule has 1 rings (SSSR count). The van der Waals surface area contributed by atoms with Crippen LogP contribution in [0, 0.1) is 5.41 Å². The Labute approximate surface area is 106 Å². The Hall–Kier alpha value is -0.120. The molecule has 0 heterocycles. The molecule has 0 aromatic carbocycles. The second-order valence-corrected chi connectivity index (χ2v) is 6.45. The van der Waals surface area contributed by atoms with Gasteiger partial charge in [-0.05, 0) is 44.6 Å². The lowest BCUT2D eigenvalue weighted by Gasteiger charge is -2.35. The number of rotatable bonds is 6. The highest BCUT2D eigenvalue weighted by Crippen LogP contribution is 2.36. The zero-order valence-corrected chi connectivity index (χ0v) is 11.9. The summed E-state index contributed by atoms with van der Waals surface area (Å²) in [5, 5.41) is 13.3. The fourth-order valence-electron chi connectivity index (χ4n) is 2.28. The zero-order chi connectivity index (χ0) is 12.9. The summed E-state index contributed by atoms with van der Waals surface area (Å²) in [6, 6.07) is 0. The van der Waals surface area contributed by atoms with Crippen LogP contribution < -0.4 is 5.32 Å². The predicted molar refractivity (Wildman–Crippen MR) is 71.2 cm³/mol. The maximum absolute atomic E-state index is 10.1. The monoisotopic (exact) mass is 243 g/mol. The van der Waals surface area contributed by atoms with Gasteiger partial charge in [-0.25, -0.2) is 0 Å². The summed E-state index contributed by atoms with van der Waals surface area (Å²) in [7, 11) is 0. The molecular formula is C14H29NO2. The molecule has 3 nitrogen and oxygen atoms in total. The van der Waals surface area contributed by atoms with E-state index in [-0.39, 0.29) is 0 Å². The molecule has 3 heteroatoms. The van der Waals surface area contributed by atoms with Crippen LogP contribution in [0.1, 0.15) is 53.4 Å². The van der Waals surface area contributed by atoms with E-state index in [1.807, 2.05) is 13.8 Å². The van der Waals surface area contributed by atoms with Crippen LogP contribution in [0.2, 0.25) is 0 Å². The van der Waals surface area contributed by atoms with Crippen LogP contribution >= 0.6 is 0 Å². The van der Waals surface area contributed by atoms with Crippen LogP contribution in [0.25, 0.3) is 0 Å². The van der Waals surface area contributed by atoms with Gasteiger partial charge in [0.2, 0.25) is 0 Å². The first-order chi connectivity index (χ1) is 7.85. The third-order valence-corrected chi connectivity index (χ3v) is 3.67. The summed E-state index contributed by atoms with van der Waals surface area (Å²) in [5.41, 5.74) is -0.269. The Bertz CT molecular complexity index is 216. The van der Waals surface area contributed by atoms with Crippen LogP contribution in [-0.4, -0.2) is 36.5 Å². The maximum atomic E-state index is 10.1. The number of likely N-dealkylation sites (N-methyl/N-ethyl adjacent to an activating group) is 1. The molecular weight excluding hydrogens is 214 g/mol. The van der Waals surface area contributed by atoms with Crippen LogP contribution in [0.15, 0.2) is 0 Å². The van der Waals surface area contributed by atoms with E-state index < -0.39 is 5.60 Å². The SMILES string of the molecule is CCNCC(C)(O)COC1CCC(C)(C)CC1. The fourth-order valence-corrected chi connectivity index (χ4v) is 2.28. The number of hydrogen-bond donors (Lipinski definition) is 2. The molecule has 0 aliphatic heterocycles. The van der Waals surface area contributed by atoms with Gasteiger partial charge in [-0.15, -0.1) is 0 Å². The van der Waals surface area contributed by atoms with Gasteiger partial charge in [-0.3, -0.25) is 0 Å². The van der Waals surface area contributed by atoms with Crippen molar-refractivity contribution in [2.75, 3.05) is 19.7 Å². The van der Waals surface area contributed by atoms with Crippen molar-refractivity contribution in [1.82, 2.24) is 5.32 Å². The second kappa shape index (κ2) is 6.17. The average molecular weight is 243 g/mol. The van der Waals surface area contributed by atoms with E-state index in [4.69, 9.17) is 4.74 Å². The van der Waals surface area contributed by atoms with Gasteiger partial charge in [-0.2, -0.15) is 0 Å². The molecule has 1 aliphatic rings. The van der Waals surface area contributed by atoms with Crippen molar-refractivity contribution in [2.45, 2.75) is 65.1 Å². The van der Waals surface area contributed by atoms with E-state index in [2.05, 4.69) is 19.2 Å². The molecule has 0 aromatic heterocycles. The van der Waals surface area contributed by atoms with Crippen LogP contribution in [0.5, 0.6) is 0 Å². The minimum atomic E-state index is -0.747. The molecule has 1 unspecified atom stereocenters. The van der Waals surface area contributed by atoms with Crippen LogP contribution in [0.4, 0.5) is 0 Å². The first-order valence-electron chi connectivity index (χ1n) is 6.89. The Morgan fingerprint density at radius 2 is 1.94 bits per heavy atom. The van der Waals surface area contributed by atoms with Crippen molar-refractivity contribution in [1.29, 1.82) is 0 Å². The molecule has 17 heavy (non-hydrogen) atoms. The number of nitrogens with one attached hydrogen (secondary N) is 1. The summed E-state index contributed by atoms with van der Waals surface area (Å²) in [6.07, 6.45) is 5.06. The molecule has 1 saturated carbocycles. The normalized spacial score (nSPS) is 24.5. The molecule has 1 aliphatic carbocycles. The molecule has 0 saturated heterocycles. The van der Waals surface area contributed by atoms with Crippen LogP contribution in [0.3, 0.4) is 0 Å². The predicted octanol–water partition coefficient (Wildman–Crippen LogP) is 2.33. The highest BCUT2D eigenvalue weighted by Gasteiger charge is 2.29. The first kappa shape index (κ1) is 14.9. The fraction of sp³-hybridized carbons (Fsp3) is 1.00. The van der Waals surface area contributed by atoms with E-state index in [9.17, 15) is 5.11 Å². The maximum Gasteiger partial charge on any atom is 0.0975 e. The summed E-state index contributed by atoms with van der Waals surface area (Å²) in [4.78, 5) is 0. The Morgan fingerprint density at radius 1 is 1.35 bits per heavy atom. The Balaban J connectivity index is 2.22. The highest BCUT2D eigenvalue weighted by molar-refractivity contribution is 4.81. The third-order valence-electron chi connectivity index (χ3n) is 3.67. The molecule has 0 radical (unpaired) electrons. The number of aliphatic hydroxyl groups is 1. The molecule has 0 aromatic rings. The second-order valence-electron chi connectivity index (χ2n) is 6.45. The Kier molecular flexibility index (Phi) is 5.42. The van der Waals surface area contributed by atoms with E-state index in [1.165, 1.54) is 12.8 Å². The lowest BCUT2D eigenvalue weighted by atomic mass is 9.76. The zero-order valence-electron chi connectivity index (χ0n) is 11.9. The van der Waals surface area contributed by atoms with Gasteiger partial charge < -0.3 is 15.2 Å². The molecule has 0 amide bonds. The van der Waals surface area contributed by atoms with Crippen molar-refractivity contribution in [3.05, 3.63) is 0 Å². The standard InChI is InChI=1S/C14H29NO2/c1-5-15-10-14(4,16)11-17-12-6-8-13(2,3)9-7-12/h12,15-16H,5-11H2,1-4H3. The van der Waals surface area contributed by atoms with Crippen LogP contribution in [-0.2, 0) is 4.74 Å². The third kappa shape index (κ3) is 5.84. The van der Waals surface area contributed by atoms with E-state index in [0.29, 0.717) is 24.7 Å². The van der Waals surface area contributed by atoms with Crippen molar-refractivity contribution in [3.8, 4) is 0 Å². The quantitative estimate of drug-likeness (QED) is 0.752. The molecule has 2 N–H and O–H groups in total. The average Bonchev–Trinajstić information content (AvgIpc) is 2.25. The highest BCUT2D eigenvalue weighted by atomic mass is 16.5. The number of hydrogen-bond acceptors (Lipinski definition) is 3. The topological polar surface area (TPSA) is 41.5 Å². The Morgan fingerprint density at radius 3 is 2.47 bits per heavy atom. The lowest BCUT2D eigenvalue weighted by Crippen LogP contribution is -2.43. The van der Waals surface area contributed by atoms with Gasteiger partial charge in [0.1, 0.15) is 0 Å². The molecule has 102 valence electrons. The first-order valence-corrected chi connectivity index (χ1v) is 6.89. The molecule has 0 spiro atoms. The van der Waals surface area contributed by atoms with Crippen molar-refractivity contribution >= 4 is 0 Å². The minimum Gasteiger partial charge on any atom is -0.386 e. The smallest absolute Gasteiger partial charge is 0.0975 e. The largest absolute Gasteiger partial charge is 0.386 e. The summed E-state index contributed by atoms with van der Waals surface area (Å²) in [5.74, 6) is 0.